The zero-order valence-electron chi connectivity index (χ0n) is 11.5. The molecule has 5 nitrogen and oxygen atoms in total. The van der Waals surface area contributed by atoms with E-state index in [9.17, 15) is 5.11 Å². The Morgan fingerprint density at radius 3 is 3.05 bits per heavy atom. The van der Waals surface area contributed by atoms with Crippen LogP contribution in [0.2, 0.25) is 5.02 Å². The monoisotopic (exact) mass is 287 g/mol. The molecule has 0 radical (unpaired) electrons. The SMILES string of the molecule is CN(C)CCn1ncc(Cl)c1C(O)C1CCCOC1. The van der Waals surface area contributed by atoms with Crippen LogP contribution in [0.4, 0.5) is 0 Å². The van der Waals surface area contributed by atoms with Gasteiger partial charge >= 0.3 is 0 Å². The summed E-state index contributed by atoms with van der Waals surface area (Å²) in [5.41, 5.74) is 0.721. The topological polar surface area (TPSA) is 50.5 Å². The van der Waals surface area contributed by atoms with Crippen molar-refractivity contribution in [3.8, 4) is 0 Å². The fourth-order valence-electron chi connectivity index (χ4n) is 2.38. The van der Waals surface area contributed by atoms with Crippen molar-refractivity contribution in [3.63, 3.8) is 0 Å². The highest BCUT2D eigenvalue weighted by Gasteiger charge is 2.28. The molecule has 0 saturated carbocycles. The van der Waals surface area contributed by atoms with Crippen LogP contribution >= 0.6 is 11.6 Å². The molecule has 2 rings (SSSR count). The van der Waals surface area contributed by atoms with Crippen LogP contribution in [-0.4, -0.2) is 53.6 Å². The highest BCUT2D eigenvalue weighted by molar-refractivity contribution is 6.31. The lowest BCUT2D eigenvalue weighted by Crippen LogP contribution is -2.27. The Labute approximate surface area is 119 Å². The molecule has 1 saturated heterocycles. The number of aliphatic hydroxyl groups excluding tert-OH is 1. The molecule has 1 fully saturated rings. The molecule has 1 aromatic heterocycles. The first-order valence-electron chi connectivity index (χ1n) is 6.71. The maximum Gasteiger partial charge on any atom is 0.102 e. The lowest BCUT2D eigenvalue weighted by molar-refractivity contribution is -0.0132. The molecule has 1 aliphatic heterocycles. The van der Waals surface area contributed by atoms with E-state index in [-0.39, 0.29) is 5.92 Å². The van der Waals surface area contributed by atoms with Crippen LogP contribution in [0.15, 0.2) is 6.20 Å². The van der Waals surface area contributed by atoms with E-state index in [2.05, 4.69) is 10.00 Å². The third-order valence-corrected chi connectivity index (χ3v) is 3.81. The van der Waals surface area contributed by atoms with Gasteiger partial charge in [0, 0.05) is 19.1 Å². The van der Waals surface area contributed by atoms with Crippen LogP contribution in [0.25, 0.3) is 0 Å². The first kappa shape index (κ1) is 14.8. The highest BCUT2D eigenvalue weighted by Crippen LogP contribution is 2.32. The molecule has 1 aliphatic rings. The largest absolute Gasteiger partial charge is 0.386 e. The number of halogens is 1. The summed E-state index contributed by atoms with van der Waals surface area (Å²) in [7, 11) is 4.02. The van der Waals surface area contributed by atoms with Crippen molar-refractivity contribution >= 4 is 11.6 Å². The highest BCUT2D eigenvalue weighted by atomic mass is 35.5. The molecule has 108 valence electrons. The molecule has 0 bridgehead atoms. The maximum atomic E-state index is 10.5. The second kappa shape index (κ2) is 6.70. The summed E-state index contributed by atoms with van der Waals surface area (Å²) in [5, 5.41) is 15.3. The minimum absolute atomic E-state index is 0.112. The molecule has 2 heterocycles. The summed E-state index contributed by atoms with van der Waals surface area (Å²) >= 11 is 6.18. The van der Waals surface area contributed by atoms with Crippen molar-refractivity contribution in [1.82, 2.24) is 14.7 Å². The van der Waals surface area contributed by atoms with E-state index in [1.165, 1.54) is 0 Å². The molecular formula is C13H22ClN3O2. The maximum absolute atomic E-state index is 10.5. The molecule has 0 aromatic carbocycles. The Kier molecular flexibility index (Phi) is 5.21. The predicted molar refractivity (Wildman–Crippen MR) is 74.3 cm³/mol. The molecule has 1 aromatic rings. The zero-order valence-corrected chi connectivity index (χ0v) is 12.3. The normalized spacial score (nSPS) is 21.8. The van der Waals surface area contributed by atoms with Gasteiger partial charge in [0.2, 0.25) is 0 Å². The molecule has 2 atom stereocenters. The predicted octanol–water partition coefficient (Wildman–Crippen LogP) is 1.56. The summed E-state index contributed by atoms with van der Waals surface area (Å²) in [5.74, 6) is 0.112. The van der Waals surface area contributed by atoms with Gasteiger partial charge in [0.05, 0.1) is 30.1 Å². The number of aromatic nitrogens is 2. The third kappa shape index (κ3) is 3.69. The number of nitrogens with zero attached hydrogens (tertiary/aromatic N) is 3. The van der Waals surface area contributed by atoms with Crippen molar-refractivity contribution < 1.29 is 9.84 Å². The summed E-state index contributed by atoms with van der Waals surface area (Å²) in [6, 6.07) is 0. The Morgan fingerprint density at radius 1 is 1.63 bits per heavy atom. The van der Waals surface area contributed by atoms with Crippen LogP contribution in [0, 0.1) is 5.92 Å². The lowest BCUT2D eigenvalue weighted by Gasteiger charge is -2.27. The number of rotatable bonds is 5. The second-order valence-corrected chi connectivity index (χ2v) is 5.73. The van der Waals surface area contributed by atoms with E-state index in [0.29, 0.717) is 11.6 Å². The molecule has 0 aliphatic carbocycles. The molecule has 1 N–H and O–H groups in total. The molecule has 2 unspecified atom stereocenters. The van der Waals surface area contributed by atoms with E-state index >= 15 is 0 Å². The average Bonchev–Trinajstić information content (AvgIpc) is 2.78. The van der Waals surface area contributed by atoms with E-state index < -0.39 is 6.10 Å². The molecule has 0 amide bonds. The molecule has 0 spiro atoms. The van der Waals surface area contributed by atoms with Crippen molar-refractivity contribution in [2.75, 3.05) is 33.9 Å². The molecule has 6 heteroatoms. The Hall–Kier alpha value is -0.620. The third-order valence-electron chi connectivity index (χ3n) is 3.51. The summed E-state index contributed by atoms with van der Waals surface area (Å²) in [6.07, 6.45) is 2.97. The van der Waals surface area contributed by atoms with Crippen molar-refractivity contribution in [3.05, 3.63) is 16.9 Å². The smallest absolute Gasteiger partial charge is 0.102 e. The van der Waals surface area contributed by atoms with Gasteiger partial charge in [0.15, 0.2) is 0 Å². The van der Waals surface area contributed by atoms with Crippen LogP contribution in [0.1, 0.15) is 24.6 Å². The van der Waals surface area contributed by atoms with Crippen LogP contribution in [0.3, 0.4) is 0 Å². The average molecular weight is 288 g/mol. The number of hydrogen-bond donors (Lipinski definition) is 1. The molecule has 19 heavy (non-hydrogen) atoms. The first-order chi connectivity index (χ1) is 9.09. The van der Waals surface area contributed by atoms with Gasteiger partial charge in [-0.3, -0.25) is 4.68 Å². The van der Waals surface area contributed by atoms with Crippen molar-refractivity contribution in [1.29, 1.82) is 0 Å². The Bertz CT molecular complexity index is 403. The lowest BCUT2D eigenvalue weighted by atomic mass is 9.94. The van der Waals surface area contributed by atoms with Gasteiger partial charge in [-0.15, -0.1) is 0 Å². The second-order valence-electron chi connectivity index (χ2n) is 5.33. The first-order valence-corrected chi connectivity index (χ1v) is 7.09. The van der Waals surface area contributed by atoms with Crippen molar-refractivity contribution in [2.24, 2.45) is 5.92 Å². The van der Waals surface area contributed by atoms with Gasteiger partial charge in [-0.25, -0.2) is 0 Å². The van der Waals surface area contributed by atoms with E-state index in [1.54, 1.807) is 6.20 Å². The van der Waals surface area contributed by atoms with Gasteiger partial charge in [0.1, 0.15) is 6.10 Å². The van der Waals surface area contributed by atoms with E-state index in [4.69, 9.17) is 16.3 Å². The summed E-state index contributed by atoms with van der Waals surface area (Å²) in [6.45, 7) is 2.96. The number of aliphatic hydroxyl groups is 1. The Balaban J connectivity index is 2.10. The quantitative estimate of drug-likeness (QED) is 0.893. The van der Waals surface area contributed by atoms with Crippen molar-refractivity contribution in [2.45, 2.75) is 25.5 Å². The number of ether oxygens (including phenoxy) is 1. The minimum Gasteiger partial charge on any atom is -0.386 e. The molecular weight excluding hydrogens is 266 g/mol. The van der Waals surface area contributed by atoms with Crippen LogP contribution < -0.4 is 0 Å². The minimum atomic E-state index is -0.600. The fraction of sp³-hybridized carbons (Fsp3) is 0.769. The van der Waals surface area contributed by atoms with E-state index in [1.807, 2.05) is 18.8 Å². The van der Waals surface area contributed by atoms with Crippen LogP contribution in [0.5, 0.6) is 0 Å². The number of hydrogen-bond acceptors (Lipinski definition) is 4. The standard InChI is InChI=1S/C13H22ClN3O2/c1-16(2)5-6-17-12(11(14)8-15-17)13(18)10-4-3-7-19-9-10/h8,10,13,18H,3-7,9H2,1-2H3. The van der Waals surface area contributed by atoms with Gasteiger partial charge < -0.3 is 14.7 Å². The van der Waals surface area contributed by atoms with E-state index in [0.717, 1.165) is 38.2 Å². The number of likely N-dealkylation sites (N-methyl/N-ethyl adjacent to an activating group) is 1. The van der Waals surface area contributed by atoms with Gasteiger partial charge in [-0.2, -0.15) is 5.10 Å². The fourth-order valence-corrected chi connectivity index (χ4v) is 2.63. The van der Waals surface area contributed by atoms with Gasteiger partial charge in [-0.05, 0) is 26.9 Å². The van der Waals surface area contributed by atoms with Gasteiger partial charge in [0.25, 0.3) is 0 Å². The zero-order chi connectivity index (χ0) is 13.8. The Morgan fingerprint density at radius 2 is 2.42 bits per heavy atom. The summed E-state index contributed by atoms with van der Waals surface area (Å²) in [4.78, 5) is 2.08. The van der Waals surface area contributed by atoms with Gasteiger partial charge in [-0.1, -0.05) is 11.6 Å². The van der Waals surface area contributed by atoms with Crippen LogP contribution in [-0.2, 0) is 11.3 Å². The summed E-state index contributed by atoms with van der Waals surface area (Å²) < 4.78 is 7.25.